The molecule has 0 aliphatic rings. The molecule has 0 aromatic rings. The highest BCUT2D eigenvalue weighted by Gasteiger charge is 1.94. The van der Waals surface area contributed by atoms with E-state index in [0.29, 0.717) is 5.92 Å². The number of halogens is 1. The zero-order chi connectivity index (χ0) is 7.98. The first-order valence-electron chi connectivity index (χ1n) is 3.18. The fraction of sp³-hybridized carbons (Fsp3) is 0.375. The van der Waals surface area contributed by atoms with Crippen molar-refractivity contribution < 1.29 is 0 Å². The quantitative estimate of drug-likeness (QED) is 0.538. The van der Waals surface area contributed by atoms with Crippen LogP contribution in [-0.4, -0.2) is 6.21 Å². The molecule has 0 heterocycles. The van der Waals surface area contributed by atoms with Crippen LogP contribution in [0.5, 0.6) is 0 Å². The normalized spacial score (nSPS) is 13.0. The van der Waals surface area contributed by atoms with E-state index in [0.717, 1.165) is 0 Å². The maximum atomic E-state index is 3.85. The Morgan fingerprint density at radius 1 is 1.60 bits per heavy atom. The number of rotatable bonds is 3. The lowest BCUT2D eigenvalue weighted by atomic mass is 10.2. The molecule has 0 aliphatic carbocycles. The van der Waals surface area contributed by atoms with E-state index in [9.17, 15) is 0 Å². The first-order valence-corrected chi connectivity index (χ1v) is 4.26. The van der Waals surface area contributed by atoms with E-state index < -0.39 is 0 Å². The maximum absolute atomic E-state index is 3.85. The lowest BCUT2D eigenvalue weighted by Gasteiger charge is -1.98. The number of allylic oxidation sites excluding steroid dienone is 2. The second-order valence-corrected chi connectivity index (χ2v) is 3.43. The molecule has 0 aliphatic heterocycles. The van der Waals surface area contributed by atoms with Crippen LogP contribution in [0.2, 0.25) is 0 Å². The van der Waals surface area contributed by atoms with Gasteiger partial charge >= 0.3 is 0 Å². The van der Waals surface area contributed by atoms with E-state index in [1.807, 2.05) is 6.08 Å². The predicted octanol–water partition coefficient (Wildman–Crippen LogP) is 3.18. The summed E-state index contributed by atoms with van der Waals surface area (Å²) in [7, 11) is 0. The minimum absolute atomic E-state index is 0.594. The molecule has 0 rings (SSSR count). The molecular formula is C8H12IN. The van der Waals surface area contributed by atoms with Gasteiger partial charge in [0, 0.05) is 12.4 Å². The van der Waals surface area contributed by atoms with Gasteiger partial charge in [-0.1, -0.05) is 20.4 Å². The number of hydrogen-bond acceptors (Lipinski definition) is 1. The Morgan fingerprint density at radius 2 is 2.20 bits per heavy atom. The Labute approximate surface area is 76.1 Å². The predicted molar refractivity (Wildman–Crippen MR) is 55.6 cm³/mol. The molecule has 0 saturated carbocycles. The summed E-state index contributed by atoms with van der Waals surface area (Å²) in [5, 5.41) is 0. The molecule has 1 nitrogen and oxygen atoms in total. The summed E-state index contributed by atoms with van der Waals surface area (Å²) in [6.45, 7) is 7.78. The molecule has 0 aromatic heterocycles. The van der Waals surface area contributed by atoms with Crippen molar-refractivity contribution in [2.24, 2.45) is 10.9 Å². The van der Waals surface area contributed by atoms with Crippen molar-refractivity contribution in [3.05, 3.63) is 22.4 Å². The van der Waals surface area contributed by atoms with E-state index in [-0.39, 0.29) is 0 Å². The van der Waals surface area contributed by atoms with Crippen molar-refractivity contribution in [1.82, 2.24) is 0 Å². The third kappa shape index (κ3) is 4.73. The first kappa shape index (κ1) is 9.88. The van der Waals surface area contributed by atoms with Crippen molar-refractivity contribution in [3.8, 4) is 0 Å². The molecule has 0 unspecified atom stereocenters. The van der Waals surface area contributed by atoms with Crippen LogP contribution in [-0.2, 0) is 0 Å². The molecule has 0 bridgehead atoms. The van der Waals surface area contributed by atoms with Crippen molar-refractivity contribution in [1.29, 1.82) is 0 Å². The smallest absolute Gasteiger partial charge is 0.0274 e. The van der Waals surface area contributed by atoms with Gasteiger partial charge in [-0.2, -0.15) is 0 Å². The standard InChI is InChI=1S/C8H12IN/c1-4-10-6-5-8(9)7(2)3/h4-7H,1H2,2-3H3/b8-5-,10-6?. The summed E-state index contributed by atoms with van der Waals surface area (Å²) >= 11 is 2.31. The average molecular weight is 249 g/mol. The van der Waals surface area contributed by atoms with Crippen LogP contribution in [0.3, 0.4) is 0 Å². The maximum Gasteiger partial charge on any atom is 0.0274 e. The Balaban J connectivity index is 3.91. The summed E-state index contributed by atoms with van der Waals surface area (Å²) < 4.78 is 1.31. The van der Waals surface area contributed by atoms with Crippen molar-refractivity contribution in [2.45, 2.75) is 13.8 Å². The van der Waals surface area contributed by atoms with Gasteiger partial charge in [-0.05, 0) is 38.2 Å². The van der Waals surface area contributed by atoms with E-state index in [1.165, 1.54) is 9.78 Å². The molecule has 0 radical (unpaired) electrons. The molecule has 2 heteroatoms. The Bertz CT molecular complexity index is 157. The van der Waals surface area contributed by atoms with Gasteiger partial charge in [-0.15, -0.1) is 0 Å². The molecule has 0 atom stereocenters. The summed E-state index contributed by atoms with van der Waals surface area (Å²) in [4.78, 5) is 3.85. The van der Waals surface area contributed by atoms with Gasteiger partial charge in [0.1, 0.15) is 0 Å². The van der Waals surface area contributed by atoms with E-state index >= 15 is 0 Å². The summed E-state index contributed by atoms with van der Waals surface area (Å²) in [5.74, 6) is 0.594. The van der Waals surface area contributed by atoms with Gasteiger partial charge in [-0.25, -0.2) is 0 Å². The number of nitrogens with zero attached hydrogens (tertiary/aromatic N) is 1. The molecule has 0 fully saturated rings. The highest BCUT2D eigenvalue weighted by atomic mass is 127. The van der Waals surface area contributed by atoms with Gasteiger partial charge in [0.25, 0.3) is 0 Å². The van der Waals surface area contributed by atoms with Crippen molar-refractivity contribution >= 4 is 28.8 Å². The zero-order valence-corrected chi connectivity index (χ0v) is 8.50. The van der Waals surface area contributed by atoms with Crippen LogP contribution in [0.15, 0.2) is 27.4 Å². The highest BCUT2D eigenvalue weighted by molar-refractivity contribution is 14.1. The van der Waals surface area contributed by atoms with Crippen molar-refractivity contribution in [3.63, 3.8) is 0 Å². The summed E-state index contributed by atoms with van der Waals surface area (Å²) in [5.41, 5.74) is 0. The van der Waals surface area contributed by atoms with E-state index in [1.54, 1.807) is 6.21 Å². The minimum atomic E-state index is 0.594. The van der Waals surface area contributed by atoms with Crippen molar-refractivity contribution in [2.75, 3.05) is 0 Å². The monoisotopic (exact) mass is 249 g/mol. The third-order valence-corrected chi connectivity index (χ3v) is 2.58. The Hall–Kier alpha value is -0.120. The largest absolute Gasteiger partial charge is 0.265 e. The zero-order valence-electron chi connectivity index (χ0n) is 6.34. The fourth-order valence-corrected chi connectivity index (χ4v) is 0.528. The highest BCUT2D eigenvalue weighted by Crippen LogP contribution is 2.15. The van der Waals surface area contributed by atoms with Gasteiger partial charge in [0.2, 0.25) is 0 Å². The van der Waals surface area contributed by atoms with Crippen LogP contribution in [0.1, 0.15) is 13.8 Å². The van der Waals surface area contributed by atoms with E-state index in [2.05, 4.69) is 48.0 Å². The molecule has 0 spiro atoms. The molecule has 10 heavy (non-hydrogen) atoms. The molecule has 0 amide bonds. The fourth-order valence-electron chi connectivity index (χ4n) is 0.368. The molecule has 0 saturated heterocycles. The lowest BCUT2D eigenvalue weighted by Crippen LogP contribution is -1.84. The van der Waals surface area contributed by atoms with Crippen LogP contribution < -0.4 is 0 Å². The summed E-state index contributed by atoms with van der Waals surface area (Å²) in [6, 6.07) is 0. The topological polar surface area (TPSA) is 12.4 Å². The minimum Gasteiger partial charge on any atom is -0.265 e. The molecular weight excluding hydrogens is 237 g/mol. The Morgan fingerprint density at radius 3 is 2.60 bits per heavy atom. The number of hydrogen-bond donors (Lipinski definition) is 0. The van der Waals surface area contributed by atoms with E-state index in [4.69, 9.17) is 0 Å². The average Bonchev–Trinajstić information content (AvgIpc) is 1.88. The second kappa shape index (κ2) is 5.65. The van der Waals surface area contributed by atoms with Crippen LogP contribution in [0.25, 0.3) is 0 Å². The Kier molecular flexibility index (Phi) is 5.58. The van der Waals surface area contributed by atoms with Gasteiger partial charge in [-0.3, -0.25) is 4.99 Å². The van der Waals surface area contributed by atoms with Gasteiger partial charge < -0.3 is 0 Å². The lowest BCUT2D eigenvalue weighted by molar-refractivity contribution is 0.826. The first-order chi connectivity index (χ1) is 4.68. The van der Waals surface area contributed by atoms with Gasteiger partial charge in [0.15, 0.2) is 0 Å². The van der Waals surface area contributed by atoms with Crippen LogP contribution >= 0.6 is 22.6 Å². The molecule has 0 N–H and O–H groups in total. The molecule has 0 aromatic carbocycles. The molecule has 56 valence electrons. The number of aliphatic imine (C=N–C) groups is 1. The van der Waals surface area contributed by atoms with Gasteiger partial charge in [0.05, 0.1) is 0 Å². The third-order valence-electron chi connectivity index (χ3n) is 0.977. The van der Waals surface area contributed by atoms with Crippen LogP contribution in [0, 0.1) is 5.92 Å². The second-order valence-electron chi connectivity index (χ2n) is 2.19. The van der Waals surface area contributed by atoms with Crippen LogP contribution in [0.4, 0.5) is 0 Å². The SMILES string of the molecule is C=CN=C/C=C(\I)C(C)C. The summed E-state index contributed by atoms with van der Waals surface area (Å²) in [6.07, 6.45) is 5.28.